The number of hydrogen-bond acceptors (Lipinski definition) is 6. The van der Waals surface area contributed by atoms with Crippen LogP contribution in [-0.4, -0.2) is 49.0 Å². The third-order valence-corrected chi connectivity index (χ3v) is 5.31. The van der Waals surface area contributed by atoms with Gasteiger partial charge in [0.25, 0.3) is 5.56 Å². The Morgan fingerprint density at radius 3 is 2.18 bits per heavy atom. The van der Waals surface area contributed by atoms with Gasteiger partial charge in [0.05, 0.1) is 33.8 Å². The molecule has 0 aliphatic carbocycles. The Morgan fingerprint density at radius 1 is 1.00 bits per heavy atom. The minimum absolute atomic E-state index is 0.0417. The zero-order valence-corrected chi connectivity index (χ0v) is 17.7. The lowest BCUT2D eigenvalue weighted by molar-refractivity contribution is 0.0686. The summed E-state index contributed by atoms with van der Waals surface area (Å²) in [4.78, 5) is 35.6. The average molecular weight is 448 g/mol. The van der Waals surface area contributed by atoms with Crippen LogP contribution in [0.1, 0.15) is 38.9 Å². The molecule has 1 aliphatic rings. The number of carboxylic acids is 2. The van der Waals surface area contributed by atoms with E-state index in [1.165, 1.54) is 40.0 Å². The number of aliphatic hydroxyl groups is 1. The number of hydrazone groups is 1. The van der Waals surface area contributed by atoms with Crippen LogP contribution in [0.5, 0.6) is 0 Å². The van der Waals surface area contributed by atoms with Crippen molar-refractivity contribution in [3.8, 4) is 5.69 Å². The fraction of sp³-hybridized carbons (Fsp3) is 0.130. The number of nitrogens with zero attached hydrogens (tertiary/aromatic N) is 3. The Bertz CT molecular complexity index is 1400. The van der Waals surface area contributed by atoms with Crippen molar-refractivity contribution in [2.75, 3.05) is 5.01 Å². The van der Waals surface area contributed by atoms with Crippen LogP contribution in [0.3, 0.4) is 0 Å². The van der Waals surface area contributed by atoms with Crippen molar-refractivity contribution < 1.29 is 24.9 Å². The van der Waals surface area contributed by atoms with Gasteiger partial charge in [0, 0.05) is 11.3 Å². The number of aromatic carboxylic acids is 2. The highest BCUT2D eigenvalue weighted by Gasteiger charge is 2.30. The van der Waals surface area contributed by atoms with E-state index in [9.17, 15) is 29.7 Å². The molecule has 0 amide bonds. The molecule has 4 N–H and O–H groups in total. The lowest BCUT2D eigenvalue weighted by atomic mass is 10.1. The number of benzene rings is 2. The topological polar surface area (TPSA) is 148 Å². The van der Waals surface area contributed by atoms with Crippen molar-refractivity contribution >= 4 is 29.4 Å². The van der Waals surface area contributed by atoms with Crippen molar-refractivity contribution in [2.24, 2.45) is 5.10 Å². The molecule has 4 rings (SSSR count). The lowest BCUT2D eigenvalue weighted by Crippen LogP contribution is -2.27. The Labute approximate surface area is 187 Å². The van der Waals surface area contributed by atoms with Gasteiger partial charge in [0.1, 0.15) is 0 Å². The molecule has 33 heavy (non-hydrogen) atoms. The summed E-state index contributed by atoms with van der Waals surface area (Å²) in [6.45, 7) is 3.36. The Morgan fingerprint density at radius 2 is 1.58 bits per heavy atom. The molecule has 1 atom stereocenters. The molecule has 0 bridgehead atoms. The molecular formula is C23H20N4O6. The second kappa shape index (κ2) is 8.24. The quantitative estimate of drug-likeness (QED) is 0.468. The summed E-state index contributed by atoms with van der Waals surface area (Å²) in [7, 11) is 0. The maximum Gasteiger partial charge on any atom is 0.335 e. The number of rotatable bonds is 5. The van der Waals surface area contributed by atoms with Crippen LogP contribution in [0, 0.1) is 6.92 Å². The minimum Gasteiger partial charge on any atom is -0.478 e. The number of H-pyrrole nitrogens is 1. The van der Waals surface area contributed by atoms with Gasteiger partial charge in [-0.05, 0) is 56.3 Å². The van der Waals surface area contributed by atoms with Crippen LogP contribution < -0.4 is 10.6 Å². The summed E-state index contributed by atoms with van der Waals surface area (Å²) in [5.74, 6) is -2.21. The van der Waals surface area contributed by atoms with Gasteiger partial charge >= 0.3 is 11.9 Å². The average Bonchev–Trinajstić information content (AvgIpc) is 3.24. The number of aliphatic hydroxyl groups excluding tert-OH is 1. The van der Waals surface area contributed by atoms with Crippen LogP contribution in [-0.2, 0) is 0 Å². The number of carboxylic acid groups (broad SMARTS) is 2. The Hall–Kier alpha value is -4.44. The van der Waals surface area contributed by atoms with E-state index in [0.29, 0.717) is 28.4 Å². The summed E-state index contributed by atoms with van der Waals surface area (Å²) in [6.07, 6.45) is 0.294. The first kappa shape index (κ1) is 21.8. The zero-order chi connectivity index (χ0) is 23.9. The van der Waals surface area contributed by atoms with E-state index in [-0.39, 0.29) is 16.7 Å². The molecule has 0 saturated heterocycles. The molecule has 0 fully saturated rings. The third kappa shape index (κ3) is 3.94. The van der Waals surface area contributed by atoms with E-state index < -0.39 is 23.7 Å². The summed E-state index contributed by atoms with van der Waals surface area (Å²) in [5, 5.41) is 37.9. The fourth-order valence-corrected chi connectivity index (χ4v) is 3.60. The Kier molecular flexibility index (Phi) is 5.44. The number of carbonyl (C=O) groups is 2. The lowest BCUT2D eigenvalue weighted by Gasteiger charge is -2.20. The normalized spacial score (nSPS) is 16.8. The maximum absolute atomic E-state index is 13.1. The predicted octanol–water partition coefficient (Wildman–Crippen LogP) is 2.47. The van der Waals surface area contributed by atoms with E-state index in [4.69, 9.17) is 0 Å². The number of aryl methyl sites for hydroxylation is 1. The summed E-state index contributed by atoms with van der Waals surface area (Å²) < 4.78 is 1.23. The van der Waals surface area contributed by atoms with Crippen LogP contribution in [0.25, 0.3) is 11.8 Å². The third-order valence-electron chi connectivity index (χ3n) is 5.31. The summed E-state index contributed by atoms with van der Waals surface area (Å²) >= 11 is 0. The molecule has 1 aliphatic heterocycles. The van der Waals surface area contributed by atoms with E-state index in [1.807, 2.05) is 0 Å². The molecule has 2 heterocycles. The smallest absolute Gasteiger partial charge is 0.335 e. The zero-order valence-electron chi connectivity index (χ0n) is 17.7. The van der Waals surface area contributed by atoms with E-state index in [2.05, 4.69) is 10.2 Å². The molecule has 1 aromatic heterocycles. The summed E-state index contributed by atoms with van der Waals surface area (Å²) in [6, 6.07) is 12.0. The number of aromatic amines is 1. The highest BCUT2D eigenvalue weighted by molar-refractivity contribution is 6.06. The van der Waals surface area contributed by atoms with Crippen molar-refractivity contribution in [1.82, 2.24) is 9.78 Å². The van der Waals surface area contributed by atoms with Gasteiger partial charge in [-0.25, -0.2) is 19.3 Å². The maximum atomic E-state index is 13.1. The molecule has 0 saturated carbocycles. The molecule has 0 radical (unpaired) electrons. The molecule has 2 aromatic carbocycles. The van der Waals surface area contributed by atoms with E-state index in [1.54, 1.807) is 38.1 Å². The second-order valence-electron chi connectivity index (χ2n) is 7.51. The molecule has 0 spiro atoms. The number of aromatic nitrogens is 2. The molecule has 10 heteroatoms. The van der Waals surface area contributed by atoms with Crippen LogP contribution in [0.2, 0.25) is 0 Å². The van der Waals surface area contributed by atoms with Crippen LogP contribution in [0.4, 0.5) is 5.69 Å². The first-order valence-corrected chi connectivity index (χ1v) is 9.90. The van der Waals surface area contributed by atoms with Gasteiger partial charge < -0.3 is 15.3 Å². The largest absolute Gasteiger partial charge is 0.478 e. The Balaban J connectivity index is 1.72. The minimum atomic E-state index is -1.23. The first-order valence-electron chi connectivity index (χ1n) is 9.90. The fourth-order valence-electron chi connectivity index (χ4n) is 3.60. The number of nitrogens with one attached hydrogen (secondary N) is 1. The number of anilines is 1. The highest BCUT2D eigenvalue weighted by atomic mass is 16.4. The molecule has 3 aromatic rings. The monoisotopic (exact) mass is 448 g/mol. The van der Waals surface area contributed by atoms with Crippen molar-refractivity contribution in [3.05, 3.63) is 86.8 Å². The standard InChI is InChI=1S/C23H20N4O6/c1-12-18(20(28)26(24-12)16-7-3-5-14(9-16)22(30)31)11-19-13(2)25-27(21(19)29)17-8-4-6-15(10-17)23(32)33/h3-11,20,25,28H,1-2H3,(H,30,31)(H,32,33)/b18-11+. The molecule has 10 nitrogen and oxygen atoms in total. The number of hydrogen-bond donors (Lipinski definition) is 4. The van der Waals surface area contributed by atoms with Crippen molar-refractivity contribution in [3.63, 3.8) is 0 Å². The van der Waals surface area contributed by atoms with Gasteiger partial charge in [-0.2, -0.15) is 5.10 Å². The van der Waals surface area contributed by atoms with Gasteiger partial charge in [-0.3, -0.25) is 9.89 Å². The van der Waals surface area contributed by atoms with Crippen molar-refractivity contribution in [1.29, 1.82) is 0 Å². The second-order valence-corrected chi connectivity index (χ2v) is 7.51. The van der Waals surface area contributed by atoms with E-state index >= 15 is 0 Å². The predicted molar refractivity (Wildman–Crippen MR) is 121 cm³/mol. The van der Waals surface area contributed by atoms with Crippen LogP contribution in [0.15, 0.2) is 64.0 Å². The molecule has 1 unspecified atom stereocenters. The van der Waals surface area contributed by atoms with Crippen LogP contribution >= 0.6 is 0 Å². The highest BCUT2D eigenvalue weighted by Crippen LogP contribution is 2.28. The SMILES string of the molecule is CC1=NN(c2cccc(C(=O)O)c2)C(O)/C1=C/c1c(C)[nH]n(-c2cccc(C(=O)O)c2)c1=O. The summed E-state index contributed by atoms with van der Waals surface area (Å²) in [5.41, 5.74) is 2.05. The first-order chi connectivity index (χ1) is 15.7. The van der Waals surface area contributed by atoms with Gasteiger partial charge in [-0.15, -0.1) is 0 Å². The molecular weight excluding hydrogens is 428 g/mol. The van der Waals surface area contributed by atoms with E-state index in [0.717, 1.165) is 0 Å². The van der Waals surface area contributed by atoms with Gasteiger partial charge in [0.2, 0.25) is 0 Å². The van der Waals surface area contributed by atoms with Gasteiger partial charge in [0.15, 0.2) is 6.23 Å². The van der Waals surface area contributed by atoms with Crippen molar-refractivity contribution in [2.45, 2.75) is 20.1 Å². The van der Waals surface area contributed by atoms with Gasteiger partial charge in [-0.1, -0.05) is 12.1 Å². The molecule has 168 valence electrons.